The molecule has 3 aromatic heterocycles. The third kappa shape index (κ3) is 5.35. The zero-order chi connectivity index (χ0) is 31.1. The molecule has 4 heterocycles. The first-order valence-corrected chi connectivity index (χ1v) is 15.1. The standard InChI is InChI=1S/C35H34FN5O4/c1-20(2)45-28-17-25-30(23-13-14-27(36)33-26(23)18-41(40-33)29-8-4-5-16-43-29)31(37)35(39-32(25)24-7-6-15-38-34(24)28)44-19-21-9-11-22(42-3)12-10-21/h6-7,9-15,17-18,20,29H,4-5,8,16,19,37H2,1-3H3. The van der Waals surface area contributed by atoms with Gasteiger partial charge in [0.05, 0.1) is 18.7 Å². The Morgan fingerprint density at radius 2 is 1.87 bits per heavy atom. The molecule has 0 spiro atoms. The van der Waals surface area contributed by atoms with Crippen molar-refractivity contribution in [3.05, 3.63) is 78.4 Å². The number of ether oxygens (including phenoxy) is 4. The maximum atomic E-state index is 15.3. The lowest BCUT2D eigenvalue weighted by atomic mass is 9.95. The van der Waals surface area contributed by atoms with Gasteiger partial charge in [0, 0.05) is 40.7 Å². The first-order valence-electron chi connectivity index (χ1n) is 15.1. The molecule has 9 nitrogen and oxygen atoms in total. The van der Waals surface area contributed by atoms with Gasteiger partial charge in [0.1, 0.15) is 41.1 Å². The molecule has 230 valence electrons. The number of nitrogens with two attached hydrogens (primary N) is 1. The highest BCUT2D eigenvalue weighted by Gasteiger charge is 2.25. The van der Waals surface area contributed by atoms with E-state index in [2.05, 4.69) is 10.1 Å². The van der Waals surface area contributed by atoms with E-state index in [4.69, 9.17) is 29.7 Å². The number of aromatic nitrogens is 4. The summed E-state index contributed by atoms with van der Waals surface area (Å²) < 4.78 is 40.9. The summed E-state index contributed by atoms with van der Waals surface area (Å²) in [6.45, 7) is 4.81. The van der Waals surface area contributed by atoms with Crippen molar-refractivity contribution < 1.29 is 23.3 Å². The van der Waals surface area contributed by atoms with E-state index in [0.717, 1.165) is 41.3 Å². The second kappa shape index (κ2) is 11.9. The highest BCUT2D eigenvalue weighted by atomic mass is 19.1. The van der Waals surface area contributed by atoms with E-state index in [1.54, 1.807) is 24.1 Å². The van der Waals surface area contributed by atoms with Crippen molar-refractivity contribution in [2.45, 2.75) is 52.0 Å². The summed E-state index contributed by atoms with van der Waals surface area (Å²) >= 11 is 0. The maximum Gasteiger partial charge on any atom is 0.238 e. The molecule has 0 amide bonds. The van der Waals surface area contributed by atoms with Crippen molar-refractivity contribution in [2.24, 2.45) is 0 Å². The van der Waals surface area contributed by atoms with E-state index in [1.165, 1.54) is 6.07 Å². The summed E-state index contributed by atoms with van der Waals surface area (Å²) in [5.74, 6) is 1.19. The molecule has 1 atom stereocenters. The van der Waals surface area contributed by atoms with Crippen LogP contribution >= 0.6 is 0 Å². The highest BCUT2D eigenvalue weighted by Crippen LogP contribution is 2.45. The Labute approximate surface area is 259 Å². The largest absolute Gasteiger partial charge is 0.497 e. The topological polar surface area (TPSA) is 107 Å². The van der Waals surface area contributed by atoms with E-state index in [0.29, 0.717) is 45.6 Å². The van der Waals surface area contributed by atoms with Gasteiger partial charge in [-0.3, -0.25) is 4.98 Å². The molecule has 3 aromatic carbocycles. The number of anilines is 1. The van der Waals surface area contributed by atoms with Crippen molar-refractivity contribution in [1.29, 1.82) is 0 Å². The highest BCUT2D eigenvalue weighted by molar-refractivity contribution is 6.16. The van der Waals surface area contributed by atoms with Crippen LogP contribution in [-0.2, 0) is 11.3 Å². The maximum absolute atomic E-state index is 15.3. The minimum Gasteiger partial charge on any atom is -0.497 e. The predicted molar refractivity (Wildman–Crippen MR) is 172 cm³/mol. The van der Waals surface area contributed by atoms with Gasteiger partial charge in [0.15, 0.2) is 5.82 Å². The number of halogens is 1. The van der Waals surface area contributed by atoms with Gasteiger partial charge in [-0.15, -0.1) is 0 Å². The van der Waals surface area contributed by atoms with Crippen LogP contribution in [0, 0.1) is 5.82 Å². The quantitative estimate of drug-likeness (QED) is 0.176. The van der Waals surface area contributed by atoms with Gasteiger partial charge in [0.25, 0.3) is 0 Å². The van der Waals surface area contributed by atoms with Crippen LogP contribution < -0.4 is 19.9 Å². The molecule has 0 bridgehead atoms. The fourth-order valence-corrected chi connectivity index (χ4v) is 5.94. The fraction of sp³-hybridized carbons (Fsp3) is 0.286. The lowest BCUT2D eigenvalue weighted by Crippen LogP contribution is -2.18. The average molecular weight is 608 g/mol. The molecule has 1 fully saturated rings. The smallest absolute Gasteiger partial charge is 0.238 e. The first kappa shape index (κ1) is 28.8. The summed E-state index contributed by atoms with van der Waals surface area (Å²) in [5, 5.41) is 6.76. The van der Waals surface area contributed by atoms with Crippen LogP contribution in [0.4, 0.5) is 10.1 Å². The summed E-state index contributed by atoms with van der Waals surface area (Å²) in [6, 6.07) is 16.5. The van der Waals surface area contributed by atoms with Gasteiger partial charge in [-0.1, -0.05) is 18.2 Å². The second-order valence-electron chi connectivity index (χ2n) is 11.5. The summed E-state index contributed by atoms with van der Waals surface area (Å²) in [6.07, 6.45) is 6.05. The van der Waals surface area contributed by atoms with Gasteiger partial charge in [-0.05, 0) is 80.6 Å². The van der Waals surface area contributed by atoms with Crippen LogP contribution in [-0.4, -0.2) is 39.6 Å². The Morgan fingerprint density at radius 3 is 2.62 bits per heavy atom. The van der Waals surface area contributed by atoms with E-state index < -0.39 is 5.82 Å². The molecule has 1 aliphatic rings. The SMILES string of the molecule is COc1ccc(COc2nc3c(cc(OC(C)C)c4ncccc43)c(-c3ccc(F)c4nn(C5CCCCO5)cc34)c2N)cc1. The predicted octanol–water partition coefficient (Wildman–Crippen LogP) is 7.59. The van der Waals surface area contributed by atoms with Crippen LogP contribution in [0.2, 0.25) is 0 Å². The van der Waals surface area contributed by atoms with Gasteiger partial charge in [-0.25, -0.2) is 14.1 Å². The minimum atomic E-state index is -0.422. The number of rotatable bonds is 8. The molecule has 1 saturated heterocycles. The van der Waals surface area contributed by atoms with Crippen molar-refractivity contribution in [2.75, 3.05) is 19.5 Å². The number of hydrogen-bond donors (Lipinski definition) is 1. The molecule has 2 N–H and O–H groups in total. The van der Waals surface area contributed by atoms with E-state index in [-0.39, 0.29) is 30.3 Å². The molecule has 0 saturated carbocycles. The molecule has 0 aliphatic carbocycles. The van der Waals surface area contributed by atoms with Gasteiger partial charge < -0.3 is 24.7 Å². The van der Waals surface area contributed by atoms with Gasteiger partial charge in [-0.2, -0.15) is 5.10 Å². The minimum absolute atomic E-state index is 0.0974. The van der Waals surface area contributed by atoms with Crippen LogP contribution in [0.3, 0.4) is 0 Å². The Hall–Kier alpha value is -4.96. The summed E-state index contributed by atoms with van der Waals surface area (Å²) in [5.41, 5.74) is 11.1. The molecule has 1 aliphatic heterocycles. The second-order valence-corrected chi connectivity index (χ2v) is 11.5. The molecular weight excluding hydrogens is 573 g/mol. The molecule has 7 rings (SSSR count). The molecule has 6 aromatic rings. The van der Waals surface area contributed by atoms with E-state index >= 15 is 4.39 Å². The van der Waals surface area contributed by atoms with Crippen LogP contribution in [0.5, 0.6) is 17.4 Å². The number of pyridine rings is 2. The fourth-order valence-electron chi connectivity index (χ4n) is 5.94. The molecular formula is C35H34FN5O4. The van der Waals surface area contributed by atoms with Crippen molar-refractivity contribution >= 4 is 38.4 Å². The number of hydrogen-bond acceptors (Lipinski definition) is 8. The Balaban J connectivity index is 1.46. The number of benzene rings is 3. The number of methoxy groups -OCH3 is 1. The van der Waals surface area contributed by atoms with Crippen LogP contribution in [0.15, 0.2) is 67.0 Å². The molecule has 10 heteroatoms. The lowest BCUT2D eigenvalue weighted by molar-refractivity contribution is -0.0391. The molecule has 1 unspecified atom stereocenters. The lowest BCUT2D eigenvalue weighted by Gasteiger charge is -2.22. The summed E-state index contributed by atoms with van der Waals surface area (Å²) in [7, 11) is 1.63. The van der Waals surface area contributed by atoms with Crippen LogP contribution in [0.25, 0.3) is 43.8 Å². The third-order valence-corrected chi connectivity index (χ3v) is 8.07. The van der Waals surface area contributed by atoms with Gasteiger partial charge >= 0.3 is 0 Å². The number of nitrogen functional groups attached to an aromatic ring is 1. The molecule has 0 radical (unpaired) electrons. The van der Waals surface area contributed by atoms with Crippen LogP contribution in [0.1, 0.15) is 44.9 Å². The Kier molecular flexibility index (Phi) is 7.58. The van der Waals surface area contributed by atoms with E-state index in [9.17, 15) is 0 Å². The van der Waals surface area contributed by atoms with Crippen molar-refractivity contribution in [3.8, 4) is 28.5 Å². The Morgan fingerprint density at radius 1 is 1.02 bits per heavy atom. The van der Waals surface area contributed by atoms with Crippen molar-refractivity contribution in [3.63, 3.8) is 0 Å². The van der Waals surface area contributed by atoms with E-state index in [1.807, 2.05) is 62.5 Å². The average Bonchev–Trinajstić information content (AvgIpc) is 3.52. The number of fused-ring (bicyclic) bond motifs is 4. The van der Waals surface area contributed by atoms with Gasteiger partial charge in [0.2, 0.25) is 5.88 Å². The monoisotopic (exact) mass is 607 g/mol. The zero-order valence-corrected chi connectivity index (χ0v) is 25.4. The number of nitrogens with zero attached hydrogens (tertiary/aromatic N) is 4. The normalized spacial score (nSPS) is 15.3. The Bertz CT molecular complexity index is 2020. The van der Waals surface area contributed by atoms with Crippen molar-refractivity contribution in [1.82, 2.24) is 19.7 Å². The third-order valence-electron chi connectivity index (χ3n) is 8.07. The summed E-state index contributed by atoms with van der Waals surface area (Å²) in [4.78, 5) is 9.59. The zero-order valence-electron chi connectivity index (χ0n) is 25.4. The first-order chi connectivity index (χ1) is 21.9. The molecule has 45 heavy (non-hydrogen) atoms.